The molecule has 3 unspecified atom stereocenters. The highest BCUT2D eigenvalue weighted by atomic mass is 31.2. The lowest BCUT2D eigenvalue weighted by Gasteiger charge is -2.32. The Bertz CT molecular complexity index is 1310. The maximum Gasteiger partial charge on any atom is 0.527 e. The molecule has 0 bridgehead atoms. The van der Waals surface area contributed by atoms with Gasteiger partial charge < -0.3 is 9.05 Å². The molecule has 0 saturated heterocycles. The van der Waals surface area contributed by atoms with E-state index < -0.39 is 28.4 Å². The first-order valence-corrected chi connectivity index (χ1v) is 16.9. The summed E-state index contributed by atoms with van der Waals surface area (Å²) >= 11 is 0. The van der Waals surface area contributed by atoms with Crippen molar-refractivity contribution in [3.8, 4) is 11.5 Å². The Labute approximate surface area is 247 Å². The van der Waals surface area contributed by atoms with Crippen molar-refractivity contribution in [3.05, 3.63) is 58.7 Å². The smallest absolute Gasteiger partial charge is 0.404 e. The van der Waals surface area contributed by atoms with Crippen LogP contribution in [0.15, 0.2) is 36.4 Å². The fourth-order valence-corrected chi connectivity index (χ4v) is 6.58. The van der Waals surface area contributed by atoms with E-state index in [1.165, 1.54) is 6.92 Å². The quantitative estimate of drug-likeness (QED) is 0.270. The van der Waals surface area contributed by atoms with Gasteiger partial charge >= 0.3 is 15.6 Å². The average Bonchev–Trinajstić information content (AvgIpc) is 2.74. The Kier molecular flexibility index (Phi) is 10.5. The van der Waals surface area contributed by atoms with Crippen LogP contribution in [0.25, 0.3) is 0 Å². The molecular weight excluding hydrogens is 562 g/mol. The SMILES string of the molecule is CC(COP(=O)(O)Oc1cccc(C(C)(C)C)c1C(C)(C)C)OP(=O)(O)Oc1cccc(C(C)(C)C)c1C(C)(C)C. The monoisotopic (exact) mass is 612 g/mol. The van der Waals surface area contributed by atoms with Gasteiger partial charge in [-0.2, -0.15) is 0 Å². The standard InChI is InChI=1S/C31H50O8P2/c1-21(37-41(34,35)39-25-19-15-17-23(29(5,6)7)27(25)31(11,12)13)20-36-40(32,33)38-24-18-14-16-22(28(2,3)4)26(24)30(8,9)10/h14-19,21H,20H2,1-13H3,(H,32,33)(H,34,35). The zero-order chi connectivity index (χ0) is 31.8. The molecule has 0 aliphatic rings. The van der Waals surface area contributed by atoms with E-state index in [0.717, 1.165) is 22.3 Å². The Morgan fingerprint density at radius 3 is 1.34 bits per heavy atom. The molecule has 0 saturated carbocycles. The molecule has 10 heteroatoms. The highest BCUT2D eigenvalue weighted by molar-refractivity contribution is 7.48. The van der Waals surface area contributed by atoms with Crippen molar-refractivity contribution in [2.24, 2.45) is 0 Å². The Balaban J connectivity index is 2.21. The third-order valence-corrected chi connectivity index (χ3v) is 8.34. The van der Waals surface area contributed by atoms with Crippen LogP contribution in [0.5, 0.6) is 11.5 Å². The van der Waals surface area contributed by atoms with Crippen LogP contribution in [-0.2, 0) is 39.8 Å². The van der Waals surface area contributed by atoms with Gasteiger partial charge in [-0.15, -0.1) is 0 Å². The molecule has 3 atom stereocenters. The molecule has 41 heavy (non-hydrogen) atoms. The minimum atomic E-state index is -4.63. The molecular formula is C31H50O8P2. The van der Waals surface area contributed by atoms with Gasteiger partial charge in [0.05, 0.1) is 12.7 Å². The normalized spacial score (nSPS) is 17.0. The molecule has 232 valence electrons. The first-order chi connectivity index (χ1) is 18.2. The lowest BCUT2D eigenvalue weighted by molar-refractivity contribution is 0.0875. The largest absolute Gasteiger partial charge is 0.527 e. The minimum absolute atomic E-state index is 0.230. The second kappa shape index (κ2) is 12.1. The summed E-state index contributed by atoms with van der Waals surface area (Å²) in [5.74, 6) is 0.488. The molecule has 2 rings (SSSR count). The molecule has 2 N–H and O–H groups in total. The van der Waals surface area contributed by atoms with E-state index in [9.17, 15) is 18.9 Å². The van der Waals surface area contributed by atoms with Crippen LogP contribution < -0.4 is 9.05 Å². The maximum absolute atomic E-state index is 13.0. The van der Waals surface area contributed by atoms with E-state index in [-0.39, 0.29) is 33.2 Å². The van der Waals surface area contributed by atoms with Crippen molar-refractivity contribution < 1.29 is 37.0 Å². The van der Waals surface area contributed by atoms with Crippen LogP contribution >= 0.6 is 15.6 Å². The first kappa shape index (κ1) is 35.5. The van der Waals surface area contributed by atoms with Gasteiger partial charge in [-0.25, -0.2) is 9.13 Å². The summed E-state index contributed by atoms with van der Waals surface area (Å²) in [4.78, 5) is 21.2. The van der Waals surface area contributed by atoms with Crippen LogP contribution in [0.2, 0.25) is 0 Å². The second-order valence-corrected chi connectivity index (χ2v) is 17.4. The molecule has 0 fully saturated rings. The number of hydrogen-bond acceptors (Lipinski definition) is 6. The Morgan fingerprint density at radius 1 is 0.634 bits per heavy atom. The Morgan fingerprint density at radius 2 is 1.00 bits per heavy atom. The predicted molar refractivity (Wildman–Crippen MR) is 165 cm³/mol. The molecule has 0 aromatic heterocycles. The highest BCUT2D eigenvalue weighted by Gasteiger charge is 2.36. The number of phosphoric acid groups is 2. The van der Waals surface area contributed by atoms with E-state index in [0.29, 0.717) is 0 Å². The van der Waals surface area contributed by atoms with E-state index >= 15 is 0 Å². The molecule has 0 aliphatic carbocycles. The molecule has 8 nitrogen and oxygen atoms in total. The molecule has 0 spiro atoms. The number of hydrogen-bond donors (Lipinski definition) is 2. The molecule has 0 aliphatic heterocycles. The van der Waals surface area contributed by atoms with Gasteiger partial charge in [-0.3, -0.25) is 18.8 Å². The lowest BCUT2D eigenvalue weighted by Crippen LogP contribution is -2.23. The van der Waals surface area contributed by atoms with Gasteiger partial charge in [0.2, 0.25) is 0 Å². The summed E-state index contributed by atoms with van der Waals surface area (Å²) in [6.07, 6.45) is -1.07. The molecule has 2 aromatic carbocycles. The van der Waals surface area contributed by atoms with Crippen molar-refractivity contribution >= 4 is 15.6 Å². The van der Waals surface area contributed by atoms with E-state index in [4.69, 9.17) is 18.1 Å². The van der Waals surface area contributed by atoms with E-state index in [1.54, 1.807) is 24.3 Å². The fourth-order valence-electron chi connectivity index (χ4n) is 4.77. The molecule has 0 radical (unpaired) electrons. The lowest BCUT2D eigenvalue weighted by atomic mass is 9.75. The van der Waals surface area contributed by atoms with Crippen LogP contribution in [0.3, 0.4) is 0 Å². The Hall–Kier alpha value is -1.66. The number of rotatable bonds is 9. The summed E-state index contributed by atoms with van der Waals surface area (Å²) in [6, 6.07) is 10.8. The highest BCUT2D eigenvalue weighted by Crippen LogP contribution is 2.52. The third kappa shape index (κ3) is 9.95. The van der Waals surface area contributed by atoms with Crippen molar-refractivity contribution in [3.63, 3.8) is 0 Å². The summed E-state index contributed by atoms with van der Waals surface area (Å²) < 4.78 is 47.6. The summed E-state index contributed by atoms with van der Waals surface area (Å²) in [5, 5.41) is 0. The maximum atomic E-state index is 13.0. The zero-order valence-corrected chi connectivity index (χ0v) is 28.8. The molecule has 2 aromatic rings. The van der Waals surface area contributed by atoms with Gasteiger partial charge in [0.1, 0.15) is 11.5 Å². The minimum Gasteiger partial charge on any atom is -0.404 e. The van der Waals surface area contributed by atoms with Crippen molar-refractivity contribution in [2.75, 3.05) is 6.61 Å². The average molecular weight is 613 g/mol. The van der Waals surface area contributed by atoms with E-state index in [1.807, 2.05) is 53.7 Å². The van der Waals surface area contributed by atoms with Gasteiger partial charge in [-0.05, 0) is 51.8 Å². The van der Waals surface area contributed by atoms with Crippen molar-refractivity contribution in [2.45, 2.75) is 118 Å². The van der Waals surface area contributed by atoms with Gasteiger partial charge in [0.25, 0.3) is 0 Å². The van der Waals surface area contributed by atoms with Crippen LogP contribution in [0.1, 0.15) is 112 Å². The second-order valence-electron chi connectivity index (χ2n) is 14.7. The van der Waals surface area contributed by atoms with Gasteiger partial charge in [0, 0.05) is 11.1 Å². The van der Waals surface area contributed by atoms with E-state index in [2.05, 4.69) is 41.5 Å². The third-order valence-electron chi connectivity index (χ3n) is 6.38. The summed E-state index contributed by atoms with van der Waals surface area (Å²) in [6.45, 7) is 25.4. The molecule has 0 heterocycles. The van der Waals surface area contributed by atoms with Crippen molar-refractivity contribution in [1.82, 2.24) is 0 Å². The topological polar surface area (TPSA) is 112 Å². The predicted octanol–water partition coefficient (Wildman–Crippen LogP) is 8.96. The van der Waals surface area contributed by atoms with Crippen LogP contribution in [-0.4, -0.2) is 22.5 Å². The number of benzene rings is 2. The summed E-state index contributed by atoms with van der Waals surface area (Å²) in [7, 11) is -9.25. The molecule has 0 amide bonds. The first-order valence-electron chi connectivity index (χ1n) is 13.9. The van der Waals surface area contributed by atoms with Crippen LogP contribution in [0, 0.1) is 0 Å². The fraction of sp³-hybridized carbons (Fsp3) is 0.613. The summed E-state index contributed by atoms with van der Waals surface area (Å²) in [5.41, 5.74) is 2.35. The zero-order valence-electron chi connectivity index (χ0n) is 27.0. The van der Waals surface area contributed by atoms with Gasteiger partial charge in [-0.1, -0.05) is 107 Å². The van der Waals surface area contributed by atoms with Crippen LogP contribution in [0.4, 0.5) is 0 Å². The van der Waals surface area contributed by atoms with Gasteiger partial charge in [0.15, 0.2) is 0 Å². The number of phosphoric ester groups is 2. The van der Waals surface area contributed by atoms with Crippen molar-refractivity contribution in [1.29, 1.82) is 0 Å².